The first-order valence-electron chi connectivity index (χ1n) is 10.8. The molecule has 1 aliphatic heterocycles. The average molecular weight is 476 g/mol. The van der Waals surface area contributed by atoms with E-state index in [0.29, 0.717) is 22.7 Å². The SMILES string of the molecule is COc1cc(-c2cnc3cc(OCC4(F)CNC4)ccn23)cc(OC(F)F)c1C(=O)NC1CC1. The van der Waals surface area contributed by atoms with Crippen molar-refractivity contribution in [3.8, 4) is 28.5 Å². The number of carbonyl (C=O) groups excluding carboxylic acids is 1. The Balaban J connectivity index is 1.48. The van der Waals surface area contributed by atoms with Crippen LogP contribution in [0.2, 0.25) is 0 Å². The van der Waals surface area contributed by atoms with Crippen LogP contribution in [-0.2, 0) is 0 Å². The van der Waals surface area contributed by atoms with Crippen molar-refractivity contribution in [3.63, 3.8) is 0 Å². The Bertz CT molecular complexity index is 1220. The van der Waals surface area contributed by atoms with Crippen molar-refractivity contribution in [2.24, 2.45) is 0 Å². The van der Waals surface area contributed by atoms with Gasteiger partial charge in [0.25, 0.3) is 5.91 Å². The summed E-state index contributed by atoms with van der Waals surface area (Å²) in [5, 5.41) is 5.65. The Kier molecular flexibility index (Phi) is 5.72. The van der Waals surface area contributed by atoms with E-state index in [4.69, 9.17) is 14.2 Å². The molecule has 1 saturated heterocycles. The molecule has 0 bridgehead atoms. The van der Waals surface area contributed by atoms with Crippen molar-refractivity contribution in [1.82, 2.24) is 20.0 Å². The fourth-order valence-corrected chi connectivity index (χ4v) is 3.77. The van der Waals surface area contributed by atoms with Gasteiger partial charge in [-0.2, -0.15) is 8.78 Å². The maximum Gasteiger partial charge on any atom is 0.387 e. The summed E-state index contributed by atoms with van der Waals surface area (Å²) in [5.41, 5.74) is 0.0579. The number of alkyl halides is 3. The number of halogens is 3. The maximum atomic E-state index is 14.2. The Morgan fingerprint density at radius 1 is 1.29 bits per heavy atom. The Labute approximate surface area is 193 Å². The van der Waals surface area contributed by atoms with Crippen LogP contribution in [0.1, 0.15) is 23.2 Å². The number of carbonyl (C=O) groups is 1. The first kappa shape index (κ1) is 22.3. The van der Waals surface area contributed by atoms with Gasteiger partial charge in [-0.25, -0.2) is 9.37 Å². The third-order valence-corrected chi connectivity index (χ3v) is 5.80. The molecule has 11 heteroatoms. The fourth-order valence-electron chi connectivity index (χ4n) is 3.77. The summed E-state index contributed by atoms with van der Waals surface area (Å²) in [4.78, 5) is 17.1. The van der Waals surface area contributed by atoms with Gasteiger partial charge in [0.15, 0.2) is 5.67 Å². The summed E-state index contributed by atoms with van der Waals surface area (Å²) in [7, 11) is 1.35. The zero-order chi connectivity index (χ0) is 23.9. The van der Waals surface area contributed by atoms with Crippen molar-refractivity contribution >= 4 is 11.6 Å². The molecule has 0 radical (unpaired) electrons. The van der Waals surface area contributed by atoms with Crippen LogP contribution in [0.3, 0.4) is 0 Å². The highest BCUT2D eigenvalue weighted by molar-refractivity contribution is 6.01. The van der Waals surface area contributed by atoms with Crippen LogP contribution >= 0.6 is 0 Å². The number of methoxy groups -OCH3 is 1. The second-order valence-corrected chi connectivity index (χ2v) is 8.46. The Morgan fingerprint density at radius 3 is 2.71 bits per heavy atom. The predicted octanol–water partition coefficient (Wildman–Crippen LogP) is 3.19. The number of amides is 1. The number of nitrogens with one attached hydrogen (secondary N) is 2. The lowest BCUT2D eigenvalue weighted by Gasteiger charge is -2.34. The number of benzene rings is 1. The summed E-state index contributed by atoms with van der Waals surface area (Å²) >= 11 is 0. The van der Waals surface area contributed by atoms with Gasteiger partial charge in [-0.3, -0.25) is 9.20 Å². The topological polar surface area (TPSA) is 86.1 Å². The van der Waals surface area contributed by atoms with Gasteiger partial charge in [0.1, 0.15) is 35.1 Å². The fraction of sp³-hybridized carbons (Fsp3) is 0.391. The molecule has 0 spiro atoms. The van der Waals surface area contributed by atoms with E-state index in [1.165, 1.54) is 13.2 Å². The van der Waals surface area contributed by atoms with Gasteiger partial charge in [0, 0.05) is 37.0 Å². The third kappa shape index (κ3) is 4.47. The van der Waals surface area contributed by atoms with E-state index in [-0.39, 0.29) is 42.8 Å². The van der Waals surface area contributed by atoms with Gasteiger partial charge in [-0.1, -0.05) is 0 Å². The number of nitrogens with zero attached hydrogens (tertiary/aromatic N) is 2. The lowest BCUT2D eigenvalue weighted by atomic mass is 10.0. The van der Waals surface area contributed by atoms with Gasteiger partial charge in [0.05, 0.1) is 19.0 Å². The smallest absolute Gasteiger partial charge is 0.387 e. The molecular weight excluding hydrogens is 453 g/mol. The van der Waals surface area contributed by atoms with Crippen LogP contribution in [-0.4, -0.2) is 60.4 Å². The van der Waals surface area contributed by atoms with Crippen molar-refractivity contribution in [2.45, 2.75) is 31.2 Å². The van der Waals surface area contributed by atoms with E-state index in [1.54, 1.807) is 35.0 Å². The molecule has 8 nitrogen and oxygen atoms in total. The lowest BCUT2D eigenvalue weighted by molar-refractivity contribution is -0.0502. The summed E-state index contributed by atoms with van der Waals surface area (Å²) in [6.45, 7) is -2.69. The molecule has 1 aromatic carbocycles. The summed E-state index contributed by atoms with van der Waals surface area (Å²) in [6.07, 6.45) is 4.92. The van der Waals surface area contributed by atoms with Gasteiger partial charge < -0.3 is 24.8 Å². The second kappa shape index (κ2) is 8.71. The van der Waals surface area contributed by atoms with Gasteiger partial charge in [0.2, 0.25) is 0 Å². The molecule has 1 amide bonds. The number of imidazole rings is 1. The van der Waals surface area contributed by atoms with E-state index in [1.807, 2.05) is 0 Å². The molecule has 0 unspecified atom stereocenters. The molecule has 3 heterocycles. The van der Waals surface area contributed by atoms with E-state index in [9.17, 15) is 18.0 Å². The summed E-state index contributed by atoms with van der Waals surface area (Å²) < 4.78 is 57.9. The van der Waals surface area contributed by atoms with Crippen LogP contribution in [0, 0.1) is 0 Å². The van der Waals surface area contributed by atoms with E-state index < -0.39 is 18.2 Å². The molecule has 1 aliphatic carbocycles. The largest absolute Gasteiger partial charge is 0.496 e. The first-order valence-corrected chi connectivity index (χ1v) is 10.8. The van der Waals surface area contributed by atoms with Crippen LogP contribution in [0.15, 0.2) is 36.7 Å². The monoisotopic (exact) mass is 476 g/mol. The number of ether oxygens (including phenoxy) is 3. The number of hydrogen-bond acceptors (Lipinski definition) is 6. The van der Waals surface area contributed by atoms with Crippen molar-refractivity contribution in [3.05, 3.63) is 42.2 Å². The van der Waals surface area contributed by atoms with Crippen molar-refractivity contribution < 1.29 is 32.2 Å². The molecule has 1 saturated carbocycles. The Morgan fingerprint density at radius 2 is 2.06 bits per heavy atom. The summed E-state index contributed by atoms with van der Waals surface area (Å²) in [5.74, 6) is -0.267. The number of aromatic nitrogens is 2. The molecule has 5 rings (SSSR count). The summed E-state index contributed by atoms with van der Waals surface area (Å²) in [6, 6.07) is 6.29. The zero-order valence-corrected chi connectivity index (χ0v) is 18.3. The number of pyridine rings is 1. The Hall–Kier alpha value is -3.47. The number of rotatable bonds is 9. The molecule has 2 aromatic heterocycles. The highest BCUT2D eigenvalue weighted by Crippen LogP contribution is 2.37. The molecule has 0 atom stereocenters. The maximum absolute atomic E-state index is 14.2. The van der Waals surface area contributed by atoms with Crippen LogP contribution in [0.4, 0.5) is 13.2 Å². The highest BCUT2D eigenvalue weighted by atomic mass is 19.3. The first-order chi connectivity index (χ1) is 16.3. The zero-order valence-electron chi connectivity index (χ0n) is 18.3. The normalized spacial score (nSPS) is 16.9. The van der Waals surface area contributed by atoms with E-state index in [0.717, 1.165) is 12.8 Å². The molecule has 2 aliphatic rings. The number of hydrogen-bond donors (Lipinski definition) is 2. The minimum atomic E-state index is -3.13. The molecule has 2 N–H and O–H groups in total. The van der Waals surface area contributed by atoms with Crippen molar-refractivity contribution in [2.75, 3.05) is 26.8 Å². The van der Waals surface area contributed by atoms with Gasteiger partial charge in [-0.05, 0) is 31.0 Å². The minimum Gasteiger partial charge on any atom is -0.496 e. The lowest BCUT2D eigenvalue weighted by Crippen LogP contribution is -2.59. The van der Waals surface area contributed by atoms with Crippen LogP contribution in [0.25, 0.3) is 16.9 Å². The molecular formula is C23H23F3N4O4. The second-order valence-electron chi connectivity index (χ2n) is 8.46. The minimum absolute atomic E-state index is 0.0271. The van der Waals surface area contributed by atoms with E-state index >= 15 is 0 Å². The van der Waals surface area contributed by atoms with Crippen LogP contribution < -0.4 is 24.8 Å². The highest BCUT2D eigenvalue weighted by Gasteiger charge is 2.38. The van der Waals surface area contributed by atoms with Crippen molar-refractivity contribution in [1.29, 1.82) is 0 Å². The molecule has 3 aromatic rings. The van der Waals surface area contributed by atoms with Gasteiger partial charge >= 0.3 is 6.61 Å². The predicted molar refractivity (Wildman–Crippen MR) is 117 cm³/mol. The van der Waals surface area contributed by atoms with E-state index in [2.05, 4.69) is 15.6 Å². The molecule has 180 valence electrons. The average Bonchev–Trinajstić information content (AvgIpc) is 3.50. The number of fused-ring (bicyclic) bond motifs is 1. The molecule has 34 heavy (non-hydrogen) atoms. The molecule has 2 fully saturated rings. The van der Waals surface area contributed by atoms with Crippen LogP contribution in [0.5, 0.6) is 17.2 Å². The van der Waals surface area contributed by atoms with Gasteiger partial charge in [-0.15, -0.1) is 0 Å². The standard InChI is InChI=1S/C23H23F3N4O4/c1-32-17-6-13(7-18(34-22(24)25)20(17)21(31)29-14-2-3-14)16-9-28-19-8-15(4-5-30(16)19)33-12-23(26)10-27-11-23/h4-9,14,22,27H,2-3,10-12H2,1H3,(H,29,31). The quantitative estimate of drug-likeness (QED) is 0.494. The third-order valence-electron chi connectivity index (χ3n) is 5.80.